The van der Waals surface area contributed by atoms with Gasteiger partial charge in [-0.05, 0) is 24.6 Å². The van der Waals surface area contributed by atoms with E-state index >= 15 is 0 Å². The van der Waals surface area contributed by atoms with Crippen molar-refractivity contribution in [2.45, 2.75) is 13.5 Å². The Morgan fingerprint density at radius 1 is 1.12 bits per heavy atom. The molecule has 1 heterocycles. The first-order chi connectivity index (χ1) is 7.79. The van der Waals surface area contributed by atoms with Gasteiger partial charge in [-0.1, -0.05) is 18.2 Å². The van der Waals surface area contributed by atoms with Gasteiger partial charge in [-0.2, -0.15) is 5.10 Å². The molecule has 0 fully saturated rings. The highest BCUT2D eigenvalue weighted by molar-refractivity contribution is 5.34. The Labute approximate surface area is 94.1 Å². The van der Waals surface area contributed by atoms with Crippen molar-refractivity contribution in [1.82, 2.24) is 10.2 Å². The standard InChI is InChI=1S/C12H13N3O/c1-9-4-2-3-5-11(9)16-12-7-6-10(8-13)14-15-12/h2-7H,8,13H2,1H3. The maximum absolute atomic E-state index is 5.59. The van der Waals surface area contributed by atoms with Crippen LogP contribution >= 0.6 is 0 Å². The number of para-hydroxylation sites is 1. The molecular formula is C12H13N3O. The summed E-state index contributed by atoms with van der Waals surface area (Å²) in [5.41, 5.74) is 7.24. The molecule has 0 aliphatic carbocycles. The zero-order valence-electron chi connectivity index (χ0n) is 9.05. The molecule has 0 amide bonds. The maximum Gasteiger partial charge on any atom is 0.238 e. The van der Waals surface area contributed by atoms with E-state index in [1.807, 2.05) is 31.2 Å². The molecule has 0 saturated heterocycles. The molecular weight excluding hydrogens is 202 g/mol. The molecule has 16 heavy (non-hydrogen) atoms. The van der Waals surface area contributed by atoms with Gasteiger partial charge in [-0.3, -0.25) is 0 Å². The van der Waals surface area contributed by atoms with Gasteiger partial charge in [0.2, 0.25) is 5.88 Å². The van der Waals surface area contributed by atoms with Gasteiger partial charge in [-0.15, -0.1) is 5.10 Å². The summed E-state index contributed by atoms with van der Waals surface area (Å²) < 4.78 is 5.59. The van der Waals surface area contributed by atoms with E-state index in [1.165, 1.54) is 0 Å². The lowest BCUT2D eigenvalue weighted by molar-refractivity contribution is 0.450. The third kappa shape index (κ3) is 2.35. The maximum atomic E-state index is 5.59. The van der Waals surface area contributed by atoms with Gasteiger partial charge < -0.3 is 10.5 Å². The molecule has 0 spiro atoms. The van der Waals surface area contributed by atoms with Crippen molar-refractivity contribution < 1.29 is 4.74 Å². The average molecular weight is 215 g/mol. The van der Waals surface area contributed by atoms with Gasteiger partial charge in [-0.25, -0.2) is 0 Å². The molecule has 4 heteroatoms. The first kappa shape index (κ1) is 10.6. The fourth-order valence-electron chi connectivity index (χ4n) is 1.29. The number of rotatable bonds is 3. The van der Waals surface area contributed by atoms with Crippen molar-refractivity contribution in [3.63, 3.8) is 0 Å². The van der Waals surface area contributed by atoms with E-state index in [4.69, 9.17) is 10.5 Å². The molecule has 0 bridgehead atoms. The zero-order valence-corrected chi connectivity index (χ0v) is 9.05. The Balaban J connectivity index is 2.18. The second kappa shape index (κ2) is 4.72. The van der Waals surface area contributed by atoms with Crippen LogP contribution in [0.3, 0.4) is 0 Å². The summed E-state index contributed by atoms with van der Waals surface area (Å²) in [5.74, 6) is 1.27. The Hall–Kier alpha value is -1.94. The van der Waals surface area contributed by atoms with Crippen LogP contribution in [0.2, 0.25) is 0 Å². The highest BCUT2D eigenvalue weighted by Gasteiger charge is 2.01. The van der Waals surface area contributed by atoms with E-state index in [2.05, 4.69) is 10.2 Å². The molecule has 1 aromatic carbocycles. The Bertz CT molecular complexity index is 468. The number of ether oxygens (including phenoxy) is 1. The summed E-state index contributed by atoms with van der Waals surface area (Å²) in [6, 6.07) is 11.3. The lowest BCUT2D eigenvalue weighted by Gasteiger charge is -2.06. The number of aromatic nitrogens is 2. The van der Waals surface area contributed by atoms with E-state index in [1.54, 1.807) is 12.1 Å². The van der Waals surface area contributed by atoms with E-state index in [0.29, 0.717) is 12.4 Å². The number of hydrogen-bond acceptors (Lipinski definition) is 4. The number of nitrogens with two attached hydrogens (primary N) is 1. The van der Waals surface area contributed by atoms with Crippen molar-refractivity contribution in [2.75, 3.05) is 0 Å². The highest BCUT2D eigenvalue weighted by Crippen LogP contribution is 2.22. The van der Waals surface area contributed by atoms with Gasteiger partial charge in [0, 0.05) is 12.6 Å². The molecule has 2 N–H and O–H groups in total. The first-order valence-corrected chi connectivity index (χ1v) is 5.06. The van der Waals surface area contributed by atoms with Gasteiger partial charge in [0.25, 0.3) is 0 Å². The minimum Gasteiger partial charge on any atom is -0.437 e. The van der Waals surface area contributed by atoms with Gasteiger partial charge in [0.15, 0.2) is 0 Å². The van der Waals surface area contributed by atoms with Crippen LogP contribution in [0.25, 0.3) is 0 Å². The van der Waals surface area contributed by atoms with Crippen molar-refractivity contribution in [3.05, 3.63) is 47.7 Å². The lowest BCUT2D eigenvalue weighted by atomic mass is 10.2. The summed E-state index contributed by atoms with van der Waals surface area (Å²) in [6.45, 7) is 2.37. The molecule has 4 nitrogen and oxygen atoms in total. The third-order valence-corrected chi connectivity index (χ3v) is 2.21. The molecule has 82 valence electrons. The molecule has 2 rings (SSSR count). The van der Waals surface area contributed by atoms with Crippen LogP contribution in [0.15, 0.2) is 36.4 Å². The minimum atomic E-state index is 0.387. The second-order valence-corrected chi connectivity index (χ2v) is 3.43. The van der Waals surface area contributed by atoms with Crippen LogP contribution in [0.1, 0.15) is 11.3 Å². The van der Waals surface area contributed by atoms with Crippen LogP contribution < -0.4 is 10.5 Å². The molecule has 0 aliphatic rings. The van der Waals surface area contributed by atoms with Crippen molar-refractivity contribution >= 4 is 0 Å². The second-order valence-electron chi connectivity index (χ2n) is 3.43. The molecule has 1 aromatic heterocycles. The van der Waals surface area contributed by atoms with Gasteiger partial charge in [0.05, 0.1) is 5.69 Å². The largest absolute Gasteiger partial charge is 0.437 e. The third-order valence-electron chi connectivity index (χ3n) is 2.21. The minimum absolute atomic E-state index is 0.387. The van der Waals surface area contributed by atoms with Crippen LogP contribution in [0.4, 0.5) is 0 Å². The number of hydrogen-bond donors (Lipinski definition) is 1. The smallest absolute Gasteiger partial charge is 0.238 e. The monoisotopic (exact) mass is 215 g/mol. The Kier molecular flexibility index (Phi) is 3.12. The average Bonchev–Trinajstić information content (AvgIpc) is 2.33. The predicted octanol–water partition coefficient (Wildman–Crippen LogP) is 2.04. The lowest BCUT2D eigenvalue weighted by Crippen LogP contribution is -2.01. The number of nitrogens with zero attached hydrogens (tertiary/aromatic N) is 2. The molecule has 0 unspecified atom stereocenters. The number of benzene rings is 1. The molecule has 0 radical (unpaired) electrons. The predicted molar refractivity (Wildman–Crippen MR) is 61.2 cm³/mol. The van der Waals surface area contributed by atoms with Crippen molar-refractivity contribution in [2.24, 2.45) is 5.73 Å². The van der Waals surface area contributed by atoms with E-state index in [0.717, 1.165) is 17.0 Å². The van der Waals surface area contributed by atoms with Crippen LogP contribution in [-0.4, -0.2) is 10.2 Å². The first-order valence-electron chi connectivity index (χ1n) is 5.06. The Morgan fingerprint density at radius 3 is 2.56 bits per heavy atom. The fraction of sp³-hybridized carbons (Fsp3) is 0.167. The van der Waals surface area contributed by atoms with E-state index in [9.17, 15) is 0 Å². The fourth-order valence-corrected chi connectivity index (χ4v) is 1.29. The molecule has 2 aromatic rings. The van der Waals surface area contributed by atoms with Crippen LogP contribution in [-0.2, 0) is 6.54 Å². The van der Waals surface area contributed by atoms with Crippen molar-refractivity contribution in [1.29, 1.82) is 0 Å². The summed E-state index contributed by atoms with van der Waals surface area (Å²) in [6.07, 6.45) is 0. The normalized spacial score (nSPS) is 10.1. The molecule has 0 aliphatic heterocycles. The van der Waals surface area contributed by atoms with Gasteiger partial charge in [0.1, 0.15) is 5.75 Å². The van der Waals surface area contributed by atoms with Crippen LogP contribution in [0, 0.1) is 6.92 Å². The van der Waals surface area contributed by atoms with Crippen LogP contribution in [0.5, 0.6) is 11.6 Å². The SMILES string of the molecule is Cc1ccccc1Oc1ccc(CN)nn1. The van der Waals surface area contributed by atoms with Crippen molar-refractivity contribution in [3.8, 4) is 11.6 Å². The quantitative estimate of drug-likeness (QED) is 0.851. The summed E-state index contributed by atoms with van der Waals surface area (Å²) in [4.78, 5) is 0. The number of aryl methyl sites for hydroxylation is 1. The highest BCUT2D eigenvalue weighted by atomic mass is 16.5. The molecule has 0 saturated carbocycles. The summed E-state index contributed by atoms with van der Waals surface area (Å²) in [5, 5.41) is 7.86. The van der Waals surface area contributed by atoms with E-state index < -0.39 is 0 Å². The molecule has 0 atom stereocenters. The summed E-state index contributed by atoms with van der Waals surface area (Å²) >= 11 is 0. The Morgan fingerprint density at radius 2 is 1.94 bits per heavy atom. The van der Waals surface area contributed by atoms with Gasteiger partial charge >= 0.3 is 0 Å². The zero-order chi connectivity index (χ0) is 11.4. The van der Waals surface area contributed by atoms with E-state index in [-0.39, 0.29) is 0 Å². The summed E-state index contributed by atoms with van der Waals surface area (Å²) in [7, 11) is 0. The topological polar surface area (TPSA) is 61.0 Å².